The number of ether oxygens (including phenoxy) is 1. The van der Waals surface area contributed by atoms with Crippen LogP contribution in [0.25, 0.3) is 0 Å². The van der Waals surface area contributed by atoms with Crippen molar-refractivity contribution in [2.75, 3.05) is 32.7 Å². The molecule has 1 heterocycles. The summed E-state index contributed by atoms with van der Waals surface area (Å²) in [6, 6.07) is 9.59. The number of carbonyl (C=O) groups is 2. The van der Waals surface area contributed by atoms with E-state index in [1.165, 1.54) is 0 Å². The van der Waals surface area contributed by atoms with Gasteiger partial charge in [-0.15, -0.1) is 0 Å². The van der Waals surface area contributed by atoms with Crippen LogP contribution < -0.4 is 0 Å². The zero-order valence-electron chi connectivity index (χ0n) is 13.5. The highest BCUT2D eigenvalue weighted by molar-refractivity contribution is 5.69. The van der Waals surface area contributed by atoms with Crippen molar-refractivity contribution in [1.29, 1.82) is 0 Å². The van der Waals surface area contributed by atoms with E-state index in [9.17, 15) is 9.59 Å². The number of rotatable bonds is 7. The SMILES string of the molecule is CCN(CC1CCN(CC(=O)O)C1)C(=O)OCc1ccccc1. The lowest BCUT2D eigenvalue weighted by Gasteiger charge is -2.24. The fraction of sp³-hybridized carbons (Fsp3) is 0.529. The van der Waals surface area contributed by atoms with E-state index < -0.39 is 5.97 Å². The van der Waals surface area contributed by atoms with Gasteiger partial charge >= 0.3 is 12.1 Å². The lowest BCUT2D eigenvalue weighted by Crippen LogP contribution is -2.37. The van der Waals surface area contributed by atoms with Gasteiger partial charge < -0.3 is 14.7 Å². The van der Waals surface area contributed by atoms with Crippen molar-refractivity contribution in [3.63, 3.8) is 0 Å². The Morgan fingerprint density at radius 1 is 1.35 bits per heavy atom. The van der Waals surface area contributed by atoms with Gasteiger partial charge in [-0.3, -0.25) is 9.69 Å². The van der Waals surface area contributed by atoms with E-state index in [0.29, 0.717) is 19.0 Å². The van der Waals surface area contributed by atoms with E-state index in [0.717, 1.165) is 25.1 Å². The molecule has 1 fully saturated rings. The Labute approximate surface area is 136 Å². The number of likely N-dealkylation sites (tertiary alicyclic amines) is 1. The lowest BCUT2D eigenvalue weighted by molar-refractivity contribution is -0.138. The van der Waals surface area contributed by atoms with E-state index in [-0.39, 0.29) is 19.2 Å². The summed E-state index contributed by atoms with van der Waals surface area (Å²) in [6.45, 7) is 4.95. The van der Waals surface area contributed by atoms with Crippen LogP contribution in [0, 0.1) is 5.92 Å². The number of nitrogens with zero attached hydrogens (tertiary/aromatic N) is 2. The quantitative estimate of drug-likeness (QED) is 0.832. The molecule has 1 saturated heterocycles. The Kier molecular flexibility index (Phi) is 6.40. The van der Waals surface area contributed by atoms with Crippen molar-refractivity contribution >= 4 is 12.1 Å². The number of aliphatic carboxylic acids is 1. The Hall–Kier alpha value is -2.08. The fourth-order valence-corrected chi connectivity index (χ4v) is 2.85. The fourth-order valence-electron chi connectivity index (χ4n) is 2.85. The van der Waals surface area contributed by atoms with Crippen LogP contribution >= 0.6 is 0 Å². The van der Waals surface area contributed by atoms with Crippen molar-refractivity contribution in [3.8, 4) is 0 Å². The summed E-state index contributed by atoms with van der Waals surface area (Å²) in [5.74, 6) is -0.501. The van der Waals surface area contributed by atoms with Crippen LogP contribution in [0.3, 0.4) is 0 Å². The first kappa shape index (κ1) is 17.3. The molecular weight excluding hydrogens is 296 g/mol. The van der Waals surface area contributed by atoms with Crippen LogP contribution in [0.4, 0.5) is 4.79 Å². The molecule has 0 bridgehead atoms. The molecule has 6 heteroatoms. The molecule has 126 valence electrons. The smallest absolute Gasteiger partial charge is 0.410 e. The maximum atomic E-state index is 12.2. The topological polar surface area (TPSA) is 70.1 Å². The number of benzene rings is 1. The van der Waals surface area contributed by atoms with Gasteiger partial charge in [0.05, 0.1) is 6.54 Å². The highest BCUT2D eigenvalue weighted by atomic mass is 16.6. The zero-order valence-corrected chi connectivity index (χ0v) is 13.5. The first-order valence-electron chi connectivity index (χ1n) is 7.98. The third-order valence-electron chi connectivity index (χ3n) is 4.05. The highest BCUT2D eigenvalue weighted by Gasteiger charge is 2.27. The van der Waals surface area contributed by atoms with Gasteiger partial charge in [0, 0.05) is 19.6 Å². The second-order valence-corrected chi connectivity index (χ2v) is 5.86. The molecule has 1 aromatic carbocycles. The first-order valence-corrected chi connectivity index (χ1v) is 7.98. The molecule has 2 rings (SSSR count). The minimum atomic E-state index is -0.805. The Balaban J connectivity index is 1.78. The summed E-state index contributed by atoms with van der Waals surface area (Å²) in [4.78, 5) is 26.5. The minimum Gasteiger partial charge on any atom is -0.480 e. The van der Waals surface area contributed by atoms with E-state index in [1.807, 2.05) is 42.2 Å². The van der Waals surface area contributed by atoms with Gasteiger partial charge in [0.2, 0.25) is 0 Å². The Morgan fingerprint density at radius 2 is 2.09 bits per heavy atom. The zero-order chi connectivity index (χ0) is 16.7. The summed E-state index contributed by atoms with van der Waals surface area (Å²) >= 11 is 0. The second-order valence-electron chi connectivity index (χ2n) is 5.86. The molecule has 1 aliphatic heterocycles. The molecule has 0 spiro atoms. The van der Waals surface area contributed by atoms with Crippen LogP contribution in [0.2, 0.25) is 0 Å². The normalized spacial score (nSPS) is 17.9. The van der Waals surface area contributed by atoms with Crippen LogP contribution in [0.1, 0.15) is 18.9 Å². The summed E-state index contributed by atoms with van der Waals surface area (Å²) in [7, 11) is 0. The highest BCUT2D eigenvalue weighted by Crippen LogP contribution is 2.17. The van der Waals surface area contributed by atoms with Gasteiger partial charge in [-0.1, -0.05) is 30.3 Å². The van der Waals surface area contributed by atoms with Crippen LogP contribution in [-0.4, -0.2) is 59.7 Å². The number of hydrogen-bond donors (Lipinski definition) is 1. The standard InChI is InChI=1S/C17H24N2O4/c1-2-19(11-15-8-9-18(10-15)12-16(20)21)17(22)23-13-14-6-4-3-5-7-14/h3-7,15H,2,8-13H2,1H3,(H,20,21). The average molecular weight is 320 g/mol. The molecule has 1 atom stereocenters. The first-order chi connectivity index (χ1) is 11.1. The number of carboxylic acids is 1. The maximum Gasteiger partial charge on any atom is 0.410 e. The summed E-state index contributed by atoms with van der Waals surface area (Å²) in [5, 5.41) is 8.83. The number of carboxylic acid groups (broad SMARTS) is 1. The third kappa shape index (κ3) is 5.56. The molecule has 1 aliphatic rings. The molecule has 0 saturated carbocycles. The minimum absolute atomic E-state index is 0.0705. The van der Waals surface area contributed by atoms with Crippen LogP contribution in [0.15, 0.2) is 30.3 Å². The molecule has 1 unspecified atom stereocenters. The molecule has 6 nitrogen and oxygen atoms in total. The van der Waals surface area contributed by atoms with Crippen LogP contribution in [-0.2, 0) is 16.1 Å². The molecule has 0 radical (unpaired) electrons. The van der Waals surface area contributed by atoms with E-state index >= 15 is 0 Å². The van der Waals surface area contributed by atoms with E-state index in [4.69, 9.17) is 9.84 Å². The lowest BCUT2D eigenvalue weighted by atomic mass is 10.1. The molecule has 1 amide bonds. The van der Waals surface area contributed by atoms with Gasteiger partial charge in [0.15, 0.2) is 0 Å². The van der Waals surface area contributed by atoms with Crippen molar-refractivity contribution in [2.24, 2.45) is 5.92 Å². The molecule has 23 heavy (non-hydrogen) atoms. The van der Waals surface area contributed by atoms with Gasteiger partial charge in [0.25, 0.3) is 0 Å². The largest absolute Gasteiger partial charge is 0.480 e. The van der Waals surface area contributed by atoms with Gasteiger partial charge in [0.1, 0.15) is 6.61 Å². The van der Waals surface area contributed by atoms with E-state index in [2.05, 4.69) is 0 Å². The van der Waals surface area contributed by atoms with Crippen molar-refractivity contribution in [3.05, 3.63) is 35.9 Å². The Morgan fingerprint density at radius 3 is 2.74 bits per heavy atom. The molecular formula is C17H24N2O4. The molecule has 1 N–H and O–H groups in total. The van der Waals surface area contributed by atoms with Gasteiger partial charge in [-0.2, -0.15) is 0 Å². The van der Waals surface area contributed by atoms with E-state index in [1.54, 1.807) is 4.90 Å². The van der Waals surface area contributed by atoms with Crippen molar-refractivity contribution in [2.45, 2.75) is 20.0 Å². The second kappa shape index (κ2) is 8.53. The summed E-state index contributed by atoms with van der Waals surface area (Å²) in [6.07, 6.45) is 0.600. The third-order valence-corrected chi connectivity index (χ3v) is 4.05. The number of amides is 1. The van der Waals surface area contributed by atoms with Crippen LogP contribution in [0.5, 0.6) is 0 Å². The molecule has 1 aromatic rings. The number of carbonyl (C=O) groups excluding carboxylic acids is 1. The average Bonchev–Trinajstić information content (AvgIpc) is 2.97. The maximum absolute atomic E-state index is 12.2. The number of hydrogen-bond acceptors (Lipinski definition) is 4. The Bertz CT molecular complexity index is 521. The predicted molar refractivity (Wildman–Crippen MR) is 86.1 cm³/mol. The molecule has 0 aromatic heterocycles. The summed E-state index contributed by atoms with van der Waals surface area (Å²) < 4.78 is 5.36. The predicted octanol–water partition coefficient (Wildman–Crippen LogP) is 2.05. The van der Waals surface area contributed by atoms with Gasteiger partial charge in [-0.05, 0) is 31.4 Å². The summed E-state index contributed by atoms with van der Waals surface area (Å²) in [5.41, 5.74) is 0.963. The van der Waals surface area contributed by atoms with Gasteiger partial charge in [-0.25, -0.2) is 4.79 Å². The monoisotopic (exact) mass is 320 g/mol. The van der Waals surface area contributed by atoms with Crippen molar-refractivity contribution in [1.82, 2.24) is 9.80 Å². The molecule has 0 aliphatic carbocycles. The van der Waals surface area contributed by atoms with Crippen molar-refractivity contribution < 1.29 is 19.4 Å².